The van der Waals surface area contributed by atoms with Crippen molar-refractivity contribution >= 4 is 39.1 Å². The Morgan fingerprint density at radius 2 is 2.15 bits per heavy atom. The Hall–Kier alpha value is -1.11. The van der Waals surface area contributed by atoms with Crippen molar-refractivity contribution in [2.45, 2.75) is 6.73 Å². The zero-order valence-corrected chi connectivity index (χ0v) is 13.4. The summed E-state index contributed by atoms with van der Waals surface area (Å²) in [6.45, 7) is 1.09. The summed E-state index contributed by atoms with van der Waals surface area (Å²) in [4.78, 5) is 19.2. The predicted octanol–water partition coefficient (Wildman–Crippen LogP) is 2.57. The summed E-state index contributed by atoms with van der Waals surface area (Å²) in [5.74, 6) is 1.06. The molecule has 0 saturated heterocycles. The van der Waals surface area contributed by atoms with Gasteiger partial charge in [0, 0.05) is 11.9 Å². The predicted molar refractivity (Wildman–Crippen MR) is 84.1 cm³/mol. The van der Waals surface area contributed by atoms with Gasteiger partial charge in [0.15, 0.2) is 11.9 Å². The van der Waals surface area contributed by atoms with Crippen LogP contribution in [0, 0.1) is 0 Å². The van der Waals surface area contributed by atoms with Crippen molar-refractivity contribution in [1.29, 1.82) is 0 Å². The summed E-state index contributed by atoms with van der Waals surface area (Å²) in [7, 11) is -0.549. The Labute approximate surface area is 124 Å². The molecule has 0 spiro atoms. The highest BCUT2D eigenvalue weighted by molar-refractivity contribution is 8.32. The molecule has 5 nitrogen and oxygen atoms in total. The highest BCUT2D eigenvalue weighted by Crippen LogP contribution is 2.33. The number of ether oxygens (including phenoxy) is 1. The number of aromatic nitrogens is 3. The fourth-order valence-electron chi connectivity index (χ4n) is 1.64. The van der Waals surface area contributed by atoms with Crippen molar-refractivity contribution < 1.29 is 9.53 Å². The van der Waals surface area contributed by atoms with Gasteiger partial charge in [0.1, 0.15) is 12.2 Å². The number of carbonyl (C=O) groups is 1. The van der Waals surface area contributed by atoms with E-state index < -0.39 is 10.0 Å². The monoisotopic (exact) mass is 315 g/mol. The molecule has 0 aromatic carbocycles. The van der Waals surface area contributed by atoms with Gasteiger partial charge in [0.05, 0.1) is 23.5 Å². The second kappa shape index (κ2) is 6.11. The van der Waals surface area contributed by atoms with Crippen LogP contribution >= 0.6 is 21.6 Å². The van der Waals surface area contributed by atoms with Gasteiger partial charge < -0.3 is 4.74 Å². The van der Waals surface area contributed by atoms with Crippen LogP contribution in [0.5, 0.6) is 0 Å². The second-order valence-corrected chi connectivity index (χ2v) is 10.3. The lowest BCUT2D eigenvalue weighted by molar-refractivity contribution is 0.0920. The van der Waals surface area contributed by atoms with Crippen LogP contribution in [0.1, 0.15) is 10.4 Å². The molecule has 0 amide bonds. The largest absolute Gasteiger partial charge is 0.360 e. The van der Waals surface area contributed by atoms with Crippen molar-refractivity contribution in [1.82, 2.24) is 14.5 Å². The number of hydrogen-bond acceptors (Lipinski definition) is 4. The summed E-state index contributed by atoms with van der Waals surface area (Å²) in [5, 5.41) is 0.336. The van der Waals surface area contributed by atoms with Crippen LogP contribution in [0.15, 0.2) is 12.5 Å². The first-order valence-corrected chi connectivity index (χ1v) is 9.51. The van der Waals surface area contributed by atoms with E-state index in [2.05, 4.69) is 28.7 Å². The quantitative estimate of drug-likeness (QED) is 0.607. The third-order valence-corrected chi connectivity index (χ3v) is 4.58. The summed E-state index contributed by atoms with van der Waals surface area (Å²) >= 11 is 6.09. The highest BCUT2D eigenvalue weighted by atomic mass is 35.5. The van der Waals surface area contributed by atoms with E-state index in [1.54, 1.807) is 10.9 Å². The fourth-order valence-corrected chi connectivity index (χ4v) is 2.48. The number of aldehydes is 1. The van der Waals surface area contributed by atoms with E-state index in [0.717, 1.165) is 5.75 Å². The summed E-state index contributed by atoms with van der Waals surface area (Å²) < 4.78 is 7.44. The van der Waals surface area contributed by atoms with Crippen LogP contribution in [0.4, 0.5) is 0 Å². The topological polar surface area (TPSA) is 57.0 Å². The van der Waals surface area contributed by atoms with Crippen molar-refractivity contribution in [2.24, 2.45) is 0 Å². The number of rotatable bonds is 6. The average molecular weight is 316 g/mol. The number of halogens is 1. The molecular formula is C13H18ClN3O2S. The number of hydrogen-bond donors (Lipinski definition) is 0. The van der Waals surface area contributed by atoms with Gasteiger partial charge in [-0.1, -0.05) is 11.6 Å². The first kappa shape index (κ1) is 15.3. The molecule has 0 N–H and O–H groups in total. The smallest absolute Gasteiger partial charge is 0.163 e. The standard InChI is InChI=1S/C13H18ClN3O2S/c1-20(2,3)5-4-19-9-17-8-16-12-11(14)10(7-18)6-15-13(12)17/h6-8H,4-5,9H2,1-3H3. The first-order valence-electron chi connectivity index (χ1n) is 6.10. The molecular weight excluding hydrogens is 298 g/mol. The maximum atomic E-state index is 10.8. The molecule has 7 heteroatoms. The van der Waals surface area contributed by atoms with Gasteiger partial charge >= 0.3 is 0 Å². The van der Waals surface area contributed by atoms with Crippen LogP contribution in [0.25, 0.3) is 11.2 Å². The van der Waals surface area contributed by atoms with E-state index in [9.17, 15) is 4.79 Å². The van der Waals surface area contributed by atoms with E-state index in [0.29, 0.717) is 41.4 Å². The Kier molecular flexibility index (Phi) is 4.67. The van der Waals surface area contributed by atoms with E-state index in [4.69, 9.17) is 16.3 Å². The molecule has 2 rings (SSSR count). The molecule has 0 fully saturated rings. The molecule has 2 heterocycles. The Morgan fingerprint density at radius 3 is 2.80 bits per heavy atom. The van der Waals surface area contributed by atoms with Gasteiger partial charge in [-0.3, -0.25) is 9.36 Å². The Bertz CT molecular complexity index is 622. The van der Waals surface area contributed by atoms with Gasteiger partial charge in [0.25, 0.3) is 0 Å². The summed E-state index contributed by atoms with van der Waals surface area (Å²) in [6, 6.07) is 0. The molecule has 2 aromatic rings. The molecule has 20 heavy (non-hydrogen) atoms. The van der Waals surface area contributed by atoms with Gasteiger partial charge in [0.2, 0.25) is 0 Å². The minimum absolute atomic E-state index is 0.336. The lowest BCUT2D eigenvalue weighted by Crippen LogP contribution is -2.09. The third kappa shape index (κ3) is 3.50. The molecule has 0 aliphatic carbocycles. The van der Waals surface area contributed by atoms with E-state index in [1.807, 2.05) is 0 Å². The highest BCUT2D eigenvalue weighted by Gasteiger charge is 2.11. The van der Waals surface area contributed by atoms with Crippen LogP contribution in [0.2, 0.25) is 5.02 Å². The maximum absolute atomic E-state index is 10.8. The van der Waals surface area contributed by atoms with Crippen LogP contribution in [-0.2, 0) is 11.5 Å². The SMILES string of the molecule is CS(C)(C)CCOCn1cnc2c(Cl)c(C=O)cnc21. The van der Waals surface area contributed by atoms with Gasteiger partial charge in [-0.05, 0) is 18.8 Å². The number of pyridine rings is 1. The molecule has 0 unspecified atom stereocenters. The van der Waals surface area contributed by atoms with Crippen LogP contribution in [-0.4, -0.2) is 51.9 Å². The molecule has 2 aromatic heterocycles. The second-order valence-electron chi connectivity index (χ2n) is 5.36. The zero-order valence-electron chi connectivity index (χ0n) is 11.8. The molecule has 110 valence electrons. The average Bonchev–Trinajstić information content (AvgIpc) is 2.78. The summed E-state index contributed by atoms with van der Waals surface area (Å²) in [5.41, 5.74) is 1.51. The van der Waals surface area contributed by atoms with Crippen molar-refractivity contribution in [3.63, 3.8) is 0 Å². The van der Waals surface area contributed by atoms with Gasteiger partial charge in [-0.25, -0.2) is 20.0 Å². The number of imidazole rings is 1. The molecule has 0 aliphatic rings. The minimum atomic E-state index is -0.549. The molecule has 0 atom stereocenters. The maximum Gasteiger partial charge on any atom is 0.163 e. The first-order chi connectivity index (χ1) is 9.42. The van der Waals surface area contributed by atoms with Crippen molar-refractivity contribution in [2.75, 3.05) is 31.1 Å². The molecule has 0 radical (unpaired) electrons. The summed E-state index contributed by atoms with van der Waals surface area (Å²) in [6.07, 6.45) is 10.5. The number of nitrogens with zero attached hydrogens (tertiary/aromatic N) is 3. The van der Waals surface area contributed by atoms with E-state index in [1.165, 1.54) is 6.20 Å². The fraction of sp³-hybridized carbons (Fsp3) is 0.462. The molecule has 0 aliphatic heterocycles. The Morgan fingerprint density at radius 1 is 1.40 bits per heavy atom. The lowest BCUT2D eigenvalue weighted by atomic mass is 10.3. The molecule has 0 bridgehead atoms. The van der Waals surface area contributed by atoms with E-state index >= 15 is 0 Å². The van der Waals surface area contributed by atoms with Crippen molar-refractivity contribution in [3.8, 4) is 0 Å². The zero-order chi connectivity index (χ0) is 14.8. The normalized spacial score (nSPS) is 12.8. The molecule has 0 saturated carbocycles. The van der Waals surface area contributed by atoms with Crippen LogP contribution in [0.3, 0.4) is 0 Å². The van der Waals surface area contributed by atoms with Gasteiger partial charge in [-0.15, -0.1) is 0 Å². The van der Waals surface area contributed by atoms with E-state index in [-0.39, 0.29) is 0 Å². The van der Waals surface area contributed by atoms with Gasteiger partial charge in [-0.2, -0.15) is 0 Å². The minimum Gasteiger partial charge on any atom is -0.360 e. The number of fused-ring (bicyclic) bond motifs is 1. The third-order valence-electron chi connectivity index (χ3n) is 2.79. The van der Waals surface area contributed by atoms with Crippen LogP contribution < -0.4 is 0 Å². The Balaban J connectivity index is 2.08. The number of carbonyl (C=O) groups excluding carboxylic acids is 1. The van der Waals surface area contributed by atoms with Crippen molar-refractivity contribution in [3.05, 3.63) is 23.1 Å². The lowest BCUT2D eigenvalue weighted by Gasteiger charge is -2.24.